The van der Waals surface area contributed by atoms with Crippen molar-refractivity contribution in [2.75, 3.05) is 20.2 Å². The molecular formula is C20H25N3O. The van der Waals surface area contributed by atoms with Gasteiger partial charge in [0.15, 0.2) is 0 Å². The van der Waals surface area contributed by atoms with Crippen LogP contribution in [-0.4, -0.2) is 35.6 Å². The highest BCUT2D eigenvalue weighted by molar-refractivity contribution is 5.33. The minimum atomic E-state index is -0.229. The SMILES string of the molecule is COC1(c2ccnc(C#N)c2)[C@@H]2CCC[C@H]1CN(C13CC(C1)C3)C2. The second-order valence-corrected chi connectivity index (χ2v) is 8.47. The molecule has 24 heavy (non-hydrogen) atoms. The molecule has 0 spiro atoms. The molecule has 126 valence electrons. The molecule has 0 aromatic carbocycles. The number of methoxy groups -OCH3 is 1. The lowest BCUT2D eigenvalue weighted by atomic mass is 9.48. The molecule has 4 bridgehead atoms. The number of pyridine rings is 1. The molecule has 4 aliphatic carbocycles. The highest BCUT2D eigenvalue weighted by Gasteiger charge is 2.63. The summed E-state index contributed by atoms with van der Waals surface area (Å²) in [6.07, 6.45) is 9.83. The molecule has 4 heteroatoms. The Morgan fingerprint density at radius 2 is 1.96 bits per heavy atom. The summed E-state index contributed by atoms with van der Waals surface area (Å²) >= 11 is 0. The first-order valence-electron chi connectivity index (χ1n) is 9.37. The lowest BCUT2D eigenvalue weighted by Crippen LogP contribution is -2.73. The fraction of sp³-hybridized carbons (Fsp3) is 0.700. The summed E-state index contributed by atoms with van der Waals surface area (Å²) < 4.78 is 6.29. The Morgan fingerprint density at radius 3 is 2.50 bits per heavy atom. The minimum Gasteiger partial charge on any atom is -0.373 e. The van der Waals surface area contributed by atoms with Gasteiger partial charge in [0.2, 0.25) is 0 Å². The Labute approximate surface area is 143 Å². The molecule has 4 nitrogen and oxygen atoms in total. The second kappa shape index (κ2) is 5.03. The van der Waals surface area contributed by atoms with Crippen molar-refractivity contribution in [1.29, 1.82) is 5.26 Å². The molecular weight excluding hydrogens is 298 g/mol. The molecule has 3 atom stereocenters. The van der Waals surface area contributed by atoms with Crippen molar-refractivity contribution in [2.24, 2.45) is 17.8 Å². The zero-order valence-corrected chi connectivity index (χ0v) is 14.4. The lowest BCUT2D eigenvalue weighted by Gasteiger charge is -2.70. The van der Waals surface area contributed by atoms with Gasteiger partial charge in [-0.15, -0.1) is 0 Å². The van der Waals surface area contributed by atoms with E-state index in [1.165, 1.54) is 44.1 Å². The van der Waals surface area contributed by atoms with Crippen molar-refractivity contribution in [1.82, 2.24) is 9.88 Å². The molecule has 0 radical (unpaired) electrons. The largest absolute Gasteiger partial charge is 0.373 e. The van der Waals surface area contributed by atoms with E-state index in [1.54, 1.807) is 6.20 Å². The fourth-order valence-electron chi connectivity index (χ4n) is 6.30. The van der Waals surface area contributed by atoms with Gasteiger partial charge in [-0.3, -0.25) is 4.90 Å². The number of likely N-dealkylation sites (tertiary alicyclic amines) is 1. The van der Waals surface area contributed by atoms with Crippen molar-refractivity contribution < 1.29 is 4.74 Å². The molecule has 1 aromatic heterocycles. The van der Waals surface area contributed by atoms with Crippen LogP contribution in [0, 0.1) is 29.1 Å². The molecule has 1 saturated heterocycles. The minimum absolute atomic E-state index is 0.229. The smallest absolute Gasteiger partial charge is 0.140 e. The van der Waals surface area contributed by atoms with Gasteiger partial charge in [0.25, 0.3) is 0 Å². The first kappa shape index (κ1) is 14.9. The number of nitrogens with zero attached hydrogens (tertiary/aromatic N) is 3. The van der Waals surface area contributed by atoms with Crippen molar-refractivity contribution >= 4 is 0 Å². The summed E-state index contributed by atoms with van der Waals surface area (Å²) in [5, 5.41) is 9.25. The maximum atomic E-state index is 9.25. The van der Waals surface area contributed by atoms with E-state index in [-0.39, 0.29) is 5.60 Å². The number of rotatable bonds is 3. The Hall–Kier alpha value is -1.44. The van der Waals surface area contributed by atoms with Gasteiger partial charge < -0.3 is 4.74 Å². The average molecular weight is 323 g/mol. The third kappa shape index (κ3) is 1.78. The zero-order valence-electron chi connectivity index (χ0n) is 14.4. The summed E-state index contributed by atoms with van der Waals surface area (Å²) in [6, 6.07) is 6.23. The molecule has 2 heterocycles. The van der Waals surface area contributed by atoms with Crippen LogP contribution in [-0.2, 0) is 10.3 Å². The molecule has 1 unspecified atom stereocenters. The monoisotopic (exact) mass is 323 g/mol. The first-order valence-corrected chi connectivity index (χ1v) is 9.37. The van der Waals surface area contributed by atoms with Gasteiger partial charge in [0.1, 0.15) is 17.4 Å². The topological polar surface area (TPSA) is 49.1 Å². The fourth-order valence-corrected chi connectivity index (χ4v) is 6.30. The standard InChI is InChI=1S/C20H25N3O/c1-24-20(15-5-6-22-18(7-15)11-21)16-3-2-4-17(20)13-23(12-16)19-8-14(9-19)10-19/h5-7,14,16-17H,2-4,8-10,12-13H2,1H3/t14?,16-,17+,19?,20?. The van der Waals surface area contributed by atoms with Crippen LogP contribution in [0.15, 0.2) is 18.3 Å². The molecule has 5 aliphatic rings. The molecule has 0 amide bonds. The highest BCUT2D eigenvalue weighted by atomic mass is 16.5. The van der Waals surface area contributed by atoms with Crippen LogP contribution < -0.4 is 0 Å². The average Bonchev–Trinajstić information content (AvgIpc) is 2.51. The summed E-state index contributed by atoms with van der Waals surface area (Å²) in [6.45, 7) is 2.31. The number of piperidine rings is 1. The van der Waals surface area contributed by atoms with Crippen molar-refractivity contribution in [2.45, 2.75) is 49.7 Å². The van der Waals surface area contributed by atoms with E-state index < -0.39 is 0 Å². The lowest BCUT2D eigenvalue weighted by molar-refractivity contribution is -0.226. The van der Waals surface area contributed by atoms with Gasteiger partial charge in [-0.1, -0.05) is 6.42 Å². The van der Waals surface area contributed by atoms with Crippen LogP contribution in [0.5, 0.6) is 0 Å². The van der Waals surface area contributed by atoms with Gasteiger partial charge in [-0.25, -0.2) is 4.98 Å². The predicted molar refractivity (Wildman–Crippen MR) is 90.1 cm³/mol. The van der Waals surface area contributed by atoms with E-state index in [9.17, 15) is 5.26 Å². The van der Waals surface area contributed by atoms with Crippen LogP contribution in [0.3, 0.4) is 0 Å². The van der Waals surface area contributed by atoms with Gasteiger partial charge in [0.05, 0.1) is 0 Å². The maximum absolute atomic E-state index is 9.25. The predicted octanol–water partition coefficient (Wildman–Crippen LogP) is 3.08. The van der Waals surface area contributed by atoms with Gasteiger partial charge in [-0.2, -0.15) is 5.26 Å². The summed E-state index contributed by atoms with van der Waals surface area (Å²) in [5.74, 6) is 2.08. The Morgan fingerprint density at radius 1 is 1.25 bits per heavy atom. The number of hydrogen-bond acceptors (Lipinski definition) is 4. The molecule has 0 N–H and O–H groups in total. The Bertz CT molecular complexity index is 678. The molecule has 1 aromatic rings. The van der Waals surface area contributed by atoms with Crippen LogP contribution >= 0.6 is 0 Å². The second-order valence-electron chi connectivity index (χ2n) is 8.47. The van der Waals surface area contributed by atoms with Crippen LogP contribution in [0.1, 0.15) is 49.8 Å². The summed E-state index contributed by atoms with van der Waals surface area (Å²) in [4.78, 5) is 6.98. The summed E-state index contributed by atoms with van der Waals surface area (Å²) in [5.41, 5.74) is 1.99. The van der Waals surface area contributed by atoms with E-state index in [4.69, 9.17) is 4.74 Å². The van der Waals surface area contributed by atoms with Crippen LogP contribution in [0.2, 0.25) is 0 Å². The highest BCUT2D eigenvalue weighted by Crippen LogP contribution is 2.63. The number of fused-ring (bicyclic) bond motifs is 2. The number of aromatic nitrogens is 1. The van der Waals surface area contributed by atoms with Crippen LogP contribution in [0.25, 0.3) is 0 Å². The first-order chi connectivity index (χ1) is 11.7. The molecule has 1 aliphatic heterocycles. The van der Waals surface area contributed by atoms with Crippen molar-refractivity contribution in [3.63, 3.8) is 0 Å². The quantitative estimate of drug-likeness (QED) is 0.858. The van der Waals surface area contributed by atoms with E-state index in [0.717, 1.165) is 19.0 Å². The van der Waals surface area contributed by atoms with Gasteiger partial charge in [-0.05, 0) is 55.7 Å². The third-order valence-corrected chi connectivity index (χ3v) is 7.54. The Kier molecular flexibility index (Phi) is 3.12. The Balaban J connectivity index is 1.52. The zero-order chi connectivity index (χ0) is 16.4. The molecule has 4 saturated carbocycles. The normalized spacial score (nSPS) is 43.4. The van der Waals surface area contributed by atoms with E-state index in [0.29, 0.717) is 23.1 Å². The number of ether oxygens (including phenoxy) is 1. The van der Waals surface area contributed by atoms with Gasteiger partial charge >= 0.3 is 0 Å². The maximum Gasteiger partial charge on any atom is 0.140 e. The number of hydrogen-bond donors (Lipinski definition) is 0. The summed E-state index contributed by atoms with van der Waals surface area (Å²) in [7, 11) is 1.87. The van der Waals surface area contributed by atoms with E-state index >= 15 is 0 Å². The molecule has 6 rings (SSSR count). The van der Waals surface area contributed by atoms with E-state index in [1.807, 2.05) is 13.2 Å². The van der Waals surface area contributed by atoms with Crippen molar-refractivity contribution in [3.05, 3.63) is 29.6 Å². The number of nitriles is 1. The van der Waals surface area contributed by atoms with Crippen molar-refractivity contribution in [3.8, 4) is 6.07 Å². The third-order valence-electron chi connectivity index (χ3n) is 7.54. The van der Waals surface area contributed by atoms with Crippen LogP contribution in [0.4, 0.5) is 0 Å². The van der Waals surface area contributed by atoms with Gasteiger partial charge in [0, 0.05) is 43.8 Å². The molecule has 5 fully saturated rings. The van der Waals surface area contributed by atoms with E-state index in [2.05, 4.69) is 22.0 Å².